The molecule has 4 aromatic rings. The number of amides is 1. The Hall–Kier alpha value is -3.39. The summed E-state index contributed by atoms with van der Waals surface area (Å²) in [5, 5.41) is 14.5. The van der Waals surface area contributed by atoms with Crippen LogP contribution >= 0.6 is 11.8 Å². The van der Waals surface area contributed by atoms with Gasteiger partial charge in [-0.15, -0.1) is 5.10 Å². The Morgan fingerprint density at radius 1 is 1.10 bits per heavy atom. The Balaban J connectivity index is 1.49. The molecule has 8 heteroatoms. The van der Waals surface area contributed by atoms with Crippen molar-refractivity contribution in [1.82, 2.24) is 25.1 Å². The van der Waals surface area contributed by atoms with Crippen LogP contribution in [0.15, 0.2) is 70.6 Å². The third-order valence-corrected chi connectivity index (χ3v) is 5.63. The molecule has 2 aromatic heterocycles. The van der Waals surface area contributed by atoms with Crippen molar-refractivity contribution in [3.8, 4) is 11.3 Å². The molecule has 0 saturated carbocycles. The Bertz CT molecular complexity index is 1220. The number of benzene rings is 2. The lowest BCUT2D eigenvalue weighted by atomic mass is 10.1. The molecule has 0 atom stereocenters. The number of carbonyl (C=O) groups is 1. The van der Waals surface area contributed by atoms with E-state index in [0.717, 1.165) is 17.5 Å². The van der Waals surface area contributed by atoms with Crippen LogP contribution in [0.2, 0.25) is 0 Å². The number of fused-ring (bicyclic) bond motifs is 1. The number of aryl methyl sites for hydroxylation is 1. The van der Waals surface area contributed by atoms with Crippen LogP contribution in [0.3, 0.4) is 0 Å². The standard InChI is InChI=1S/C22H21N5O2S/c1-2-15-8-10-17(11-9-15)18-12-19-21(29)24-25-22(27(19)26-18)30-14-20(28)23-13-16-6-4-3-5-7-16/h3-12H,2,13-14H2,1H3,(H,23,28)(H,24,29). The molecule has 0 unspecified atom stereocenters. The molecule has 30 heavy (non-hydrogen) atoms. The van der Waals surface area contributed by atoms with Gasteiger partial charge in [-0.3, -0.25) is 9.59 Å². The van der Waals surface area contributed by atoms with E-state index in [4.69, 9.17) is 0 Å². The van der Waals surface area contributed by atoms with Gasteiger partial charge in [0.2, 0.25) is 11.1 Å². The maximum Gasteiger partial charge on any atom is 0.290 e. The van der Waals surface area contributed by atoms with E-state index >= 15 is 0 Å². The molecular formula is C22H21N5O2S. The summed E-state index contributed by atoms with van der Waals surface area (Å²) in [5.74, 6) is 0.0500. The Kier molecular flexibility index (Phi) is 5.94. The monoisotopic (exact) mass is 419 g/mol. The Morgan fingerprint density at radius 3 is 2.60 bits per heavy atom. The lowest BCUT2D eigenvalue weighted by molar-refractivity contribution is -0.118. The fraction of sp³-hybridized carbons (Fsp3) is 0.182. The Morgan fingerprint density at radius 2 is 1.87 bits per heavy atom. The lowest BCUT2D eigenvalue weighted by Crippen LogP contribution is -2.25. The zero-order chi connectivity index (χ0) is 20.9. The molecule has 0 spiro atoms. The minimum absolute atomic E-state index is 0.118. The zero-order valence-corrected chi connectivity index (χ0v) is 17.3. The van der Waals surface area contributed by atoms with Crippen molar-refractivity contribution in [2.75, 3.05) is 5.75 Å². The summed E-state index contributed by atoms with van der Waals surface area (Å²) in [6.45, 7) is 2.57. The number of H-pyrrole nitrogens is 1. The molecule has 0 aliphatic heterocycles. The smallest absolute Gasteiger partial charge is 0.290 e. The number of hydrogen-bond donors (Lipinski definition) is 2. The molecule has 2 heterocycles. The number of thioether (sulfide) groups is 1. The van der Waals surface area contributed by atoms with Crippen LogP contribution in [0.25, 0.3) is 16.8 Å². The van der Waals surface area contributed by atoms with Crippen LogP contribution in [0.5, 0.6) is 0 Å². The number of carbonyl (C=O) groups excluding carboxylic acids is 1. The molecule has 7 nitrogen and oxygen atoms in total. The minimum atomic E-state index is -0.322. The molecule has 0 fully saturated rings. The first-order valence-electron chi connectivity index (χ1n) is 9.65. The van der Waals surface area contributed by atoms with Crippen LogP contribution < -0.4 is 10.9 Å². The number of nitrogens with zero attached hydrogens (tertiary/aromatic N) is 3. The molecule has 4 rings (SSSR count). The molecule has 0 saturated heterocycles. The summed E-state index contributed by atoms with van der Waals surface area (Å²) in [4.78, 5) is 24.4. The molecule has 1 amide bonds. The molecule has 152 valence electrons. The van der Waals surface area contributed by atoms with Crippen molar-refractivity contribution in [2.24, 2.45) is 0 Å². The highest BCUT2D eigenvalue weighted by molar-refractivity contribution is 7.99. The van der Waals surface area contributed by atoms with Gasteiger partial charge in [0, 0.05) is 12.1 Å². The number of aromatic nitrogens is 4. The second kappa shape index (κ2) is 8.96. The number of hydrogen-bond acceptors (Lipinski definition) is 5. The van der Waals surface area contributed by atoms with Crippen molar-refractivity contribution in [3.05, 3.63) is 82.1 Å². The number of aromatic amines is 1. The molecule has 0 aliphatic rings. The van der Waals surface area contributed by atoms with Crippen LogP contribution in [0.4, 0.5) is 0 Å². The van der Waals surface area contributed by atoms with E-state index in [-0.39, 0.29) is 17.2 Å². The first-order valence-corrected chi connectivity index (χ1v) is 10.6. The van der Waals surface area contributed by atoms with E-state index in [9.17, 15) is 9.59 Å². The molecule has 0 bridgehead atoms. The summed E-state index contributed by atoms with van der Waals surface area (Å²) < 4.78 is 1.50. The van der Waals surface area contributed by atoms with E-state index in [1.54, 1.807) is 6.07 Å². The second-order valence-corrected chi connectivity index (χ2v) is 7.71. The summed E-state index contributed by atoms with van der Waals surface area (Å²) in [7, 11) is 0. The van der Waals surface area contributed by atoms with E-state index in [1.807, 2.05) is 42.5 Å². The highest BCUT2D eigenvalue weighted by atomic mass is 32.2. The predicted octanol–water partition coefficient (Wildman–Crippen LogP) is 3.06. The second-order valence-electron chi connectivity index (χ2n) is 6.76. The van der Waals surface area contributed by atoms with Gasteiger partial charge in [-0.1, -0.05) is 73.3 Å². The maximum absolute atomic E-state index is 12.2. The SMILES string of the molecule is CCc1ccc(-c2cc3c(=O)[nH]nc(SCC(=O)NCc4ccccc4)n3n2)cc1. The molecule has 2 aromatic carbocycles. The van der Waals surface area contributed by atoms with Gasteiger partial charge in [-0.2, -0.15) is 5.10 Å². The number of rotatable bonds is 7. The quantitative estimate of drug-likeness (QED) is 0.449. The predicted molar refractivity (Wildman–Crippen MR) is 117 cm³/mol. The summed E-state index contributed by atoms with van der Waals surface area (Å²) in [5.41, 5.74) is 3.95. The third kappa shape index (κ3) is 4.44. The fourth-order valence-corrected chi connectivity index (χ4v) is 3.75. The van der Waals surface area contributed by atoms with Gasteiger partial charge in [0.25, 0.3) is 5.56 Å². The highest BCUT2D eigenvalue weighted by Crippen LogP contribution is 2.22. The van der Waals surface area contributed by atoms with E-state index < -0.39 is 0 Å². The lowest BCUT2D eigenvalue weighted by Gasteiger charge is -2.05. The summed E-state index contributed by atoms with van der Waals surface area (Å²) in [6.07, 6.45) is 0.960. The van der Waals surface area contributed by atoms with Crippen molar-refractivity contribution < 1.29 is 4.79 Å². The van der Waals surface area contributed by atoms with Crippen molar-refractivity contribution in [1.29, 1.82) is 0 Å². The first-order chi connectivity index (χ1) is 14.6. The normalized spacial score (nSPS) is 11.0. The zero-order valence-electron chi connectivity index (χ0n) is 16.5. The van der Waals surface area contributed by atoms with Crippen LogP contribution in [-0.4, -0.2) is 31.5 Å². The average Bonchev–Trinajstić information content (AvgIpc) is 3.24. The summed E-state index contributed by atoms with van der Waals surface area (Å²) >= 11 is 1.22. The van der Waals surface area contributed by atoms with Crippen LogP contribution in [0.1, 0.15) is 18.1 Å². The van der Waals surface area contributed by atoms with Gasteiger partial charge >= 0.3 is 0 Å². The van der Waals surface area contributed by atoms with Gasteiger partial charge in [0.1, 0.15) is 5.52 Å². The van der Waals surface area contributed by atoms with E-state index in [2.05, 4.69) is 39.7 Å². The molecule has 0 radical (unpaired) electrons. The van der Waals surface area contributed by atoms with Gasteiger partial charge < -0.3 is 5.32 Å². The van der Waals surface area contributed by atoms with Gasteiger partial charge in [0.05, 0.1) is 11.4 Å². The fourth-order valence-electron chi connectivity index (χ4n) is 3.02. The van der Waals surface area contributed by atoms with Gasteiger partial charge in [-0.05, 0) is 23.6 Å². The minimum Gasteiger partial charge on any atom is -0.351 e. The largest absolute Gasteiger partial charge is 0.351 e. The van der Waals surface area contributed by atoms with E-state index in [0.29, 0.717) is 22.9 Å². The van der Waals surface area contributed by atoms with Crippen LogP contribution in [-0.2, 0) is 17.8 Å². The van der Waals surface area contributed by atoms with E-state index in [1.165, 1.54) is 21.8 Å². The average molecular weight is 420 g/mol. The molecule has 0 aliphatic carbocycles. The highest BCUT2D eigenvalue weighted by Gasteiger charge is 2.14. The van der Waals surface area contributed by atoms with Gasteiger partial charge in [0.15, 0.2) is 0 Å². The van der Waals surface area contributed by atoms with Crippen LogP contribution in [0, 0.1) is 0 Å². The van der Waals surface area contributed by atoms with Crippen molar-refractivity contribution in [3.63, 3.8) is 0 Å². The van der Waals surface area contributed by atoms with Gasteiger partial charge in [-0.25, -0.2) is 9.61 Å². The molecule has 2 N–H and O–H groups in total. The van der Waals surface area contributed by atoms with Crippen molar-refractivity contribution in [2.45, 2.75) is 25.0 Å². The van der Waals surface area contributed by atoms with Crippen molar-refractivity contribution >= 4 is 23.2 Å². The maximum atomic E-state index is 12.2. The summed E-state index contributed by atoms with van der Waals surface area (Å²) in [6, 6.07) is 19.5. The topological polar surface area (TPSA) is 92.1 Å². The third-order valence-electron chi connectivity index (χ3n) is 4.70. The number of nitrogens with one attached hydrogen (secondary N) is 2. The first kappa shape index (κ1) is 19.9. The Labute approximate surface area is 177 Å². The molecular weight excluding hydrogens is 398 g/mol.